The van der Waals surface area contributed by atoms with Crippen LogP contribution in [0.25, 0.3) is 0 Å². The molecule has 0 saturated carbocycles. The zero-order chi connectivity index (χ0) is 20.4. The Morgan fingerprint density at radius 3 is 2.48 bits per heavy atom. The fraction of sp³-hybridized carbons (Fsp3) is 0.391. The third-order valence-electron chi connectivity index (χ3n) is 5.87. The zero-order valence-electron chi connectivity index (χ0n) is 16.7. The van der Waals surface area contributed by atoms with Gasteiger partial charge in [0.15, 0.2) is 0 Å². The number of aryl methyl sites for hydroxylation is 1. The van der Waals surface area contributed by atoms with Crippen LogP contribution >= 0.6 is 11.6 Å². The Kier molecular flexibility index (Phi) is 5.88. The van der Waals surface area contributed by atoms with E-state index in [0.717, 1.165) is 30.9 Å². The van der Waals surface area contributed by atoms with Gasteiger partial charge in [0.05, 0.1) is 5.92 Å². The fourth-order valence-electron chi connectivity index (χ4n) is 4.10. The maximum atomic E-state index is 13.0. The number of amides is 2. The van der Waals surface area contributed by atoms with E-state index in [-0.39, 0.29) is 24.2 Å². The predicted octanol–water partition coefficient (Wildman–Crippen LogP) is 3.35. The van der Waals surface area contributed by atoms with Gasteiger partial charge in [-0.25, -0.2) is 0 Å². The SMILES string of the molecule is Cc1ccc(N2CC(C(=O)N3CCN(Cc4ccccc4)CC3)CC2=O)cc1Cl. The Labute approximate surface area is 176 Å². The second-order valence-corrected chi connectivity index (χ2v) is 8.33. The summed E-state index contributed by atoms with van der Waals surface area (Å²) < 4.78 is 0. The Morgan fingerprint density at radius 2 is 1.79 bits per heavy atom. The highest BCUT2D eigenvalue weighted by atomic mass is 35.5. The summed E-state index contributed by atoms with van der Waals surface area (Å²) in [4.78, 5) is 31.5. The van der Waals surface area contributed by atoms with Crippen molar-refractivity contribution in [3.05, 3.63) is 64.7 Å². The molecule has 0 bridgehead atoms. The number of carbonyl (C=O) groups excluding carboxylic acids is 2. The van der Waals surface area contributed by atoms with Gasteiger partial charge < -0.3 is 9.80 Å². The lowest BCUT2D eigenvalue weighted by molar-refractivity contribution is -0.137. The van der Waals surface area contributed by atoms with Crippen molar-refractivity contribution >= 4 is 29.1 Å². The molecular weight excluding hydrogens is 386 g/mol. The molecule has 0 radical (unpaired) electrons. The topological polar surface area (TPSA) is 43.9 Å². The number of halogens is 1. The van der Waals surface area contributed by atoms with Crippen LogP contribution in [0.4, 0.5) is 5.69 Å². The van der Waals surface area contributed by atoms with E-state index in [2.05, 4.69) is 29.2 Å². The Balaban J connectivity index is 1.33. The Morgan fingerprint density at radius 1 is 1.07 bits per heavy atom. The van der Waals surface area contributed by atoms with E-state index < -0.39 is 0 Å². The Bertz CT molecular complexity index is 894. The standard InChI is InChI=1S/C23H26ClN3O2/c1-17-7-8-20(14-21(17)24)27-16-19(13-22(27)28)23(29)26-11-9-25(10-12-26)15-18-5-3-2-4-6-18/h2-8,14,19H,9-13,15-16H2,1H3. The van der Waals surface area contributed by atoms with E-state index in [9.17, 15) is 9.59 Å². The second kappa shape index (κ2) is 8.56. The van der Waals surface area contributed by atoms with Crippen LogP contribution in [0.3, 0.4) is 0 Å². The zero-order valence-corrected chi connectivity index (χ0v) is 17.4. The number of hydrogen-bond acceptors (Lipinski definition) is 3. The van der Waals surface area contributed by atoms with E-state index in [1.165, 1.54) is 5.56 Å². The molecule has 0 spiro atoms. The number of carbonyl (C=O) groups is 2. The number of rotatable bonds is 4. The third kappa shape index (κ3) is 4.46. The van der Waals surface area contributed by atoms with Crippen LogP contribution in [0.15, 0.2) is 48.5 Å². The van der Waals surface area contributed by atoms with Crippen molar-refractivity contribution < 1.29 is 9.59 Å². The van der Waals surface area contributed by atoms with Crippen LogP contribution in [0, 0.1) is 12.8 Å². The number of nitrogens with zero attached hydrogens (tertiary/aromatic N) is 3. The molecule has 2 aliphatic rings. The van der Waals surface area contributed by atoms with Gasteiger partial charge in [-0.15, -0.1) is 0 Å². The number of benzene rings is 2. The molecule has 1 atom stereocenters. The molecule has 1 unspecified atom stereocenters. The van der Waals surface area contributed by atoms with Crippen molar-refractivity contribution in [3.8, 4) is 0 Å². The van der Waals surface area contributed by atoms with Gasteiger partial charge >= 0.3 is 0 Å². The average Bonchev–Trinajstić information content (AvgIpc) is 3.12. The summed E-state index contributed by atoms with van der Waals surface area (Å²) >= 11 is 6.21. The highest BCUT2D eigenvalue weighted by Crippen LogP contribution is 2.29. The van der Waals surface area contributed by atoms with Gasteiger partial charge in [0, 0.05) is 56.4 Å². The monoisotopic (exact) mass is 411 g/mol. The van der Waals surface area contributed by atoms with Gasteiger partial charge in [0.2, 0.25) is 11.8 Å². The molecule has 2 saturated heterocycles. The first-order valence-electron chi connectivity index (χ1n) is 10.1. The molecule has 4 rings (SSSR count). The van der Waals surface area contributed by atoms with Crippen molar-refractivity contribution in [2.75, 3.05) is 37.6 Å². The van der Waals surface area contributed by atoms with E-state index in [1.807, 2.05) is 36.1 Å². The van der Waals surface area contributed by atoms with Gasteiger partial charge in [0.25, 0.3) is 0 Å². The van der Waals surface area contributed by atoms with Gasteiger partial charge in [0.1, 0.15) is 0 Å². The maximum absolute atomic E-state index is 13.0. The molecule has 2 heterocycles. The normalized spacial score (nSPS) is 20.3. The maximum Gasteiger partial charge on any atom is 0.228 e. The molecule has 2 fully saturated rings. The lowest BCUT2D eigenvalue weighted by Gasteiger charge is -2.36. The molecule has 2 aromatic carbocycles. The van der Waals surface area contributed by atoms with Gasteiger partial charge in [-0.2, -0.15) is 0 Å². The second-order valence-electron chi connectivity index (χ2n) is 7.93. The summed E-state index contributed by atoms with van der Waals surface area (Å²) in [6, 6.07) is 16.0. The highest BCUT2D eigenvalue weighted by Gasteiger charge is 2.38. The van der Waals surface area contributed by atoms with Crippen LogP contribution < -0.4 is 4.90 Å². The summed E-state index contributed by atoms with van der Waals surface area (Å²) in [6.45, 7) is 6.42. The number of anilines is 1. The minimum atomic E-state index is -0.275. The smallest absolute Gasteiger partial charge is 0.228 e. The molecule has 5 nitrogen and oxygen atoms in total. The Hall–Kier alpha value is -2.37. The van der Waals surface area contributed by atoms with E-state index in [4.69, 9.17) is 11.6 Å². The lowest BCUT2D eigenvalue weighted by Crippen LogP contribution is -2.50. The molecule has 0 aromatic heterocycles. The van der Waals surface area contributed by atoms with Crippen LogP contribution in [0.2, 0.25) is 5.02 Å². The molecule has 0 aliphatic carbocycles. The summed E-state index contributed by atoms with van der Waals surface area (Å²) in [6.07, 6.45) is 0.272. The van der Waals surface area contributed by atoms with Gasteiger partial charge in [-0.05, 0) is 30.2 Å². The lowest BCUT2D eigenvalue weighted by atomic mass is 10.1. The molecule has 6 heteroatoms. The number of hydrogen-bond donors (Lipinski definition) is 0. The molecule has 2 aliphatic heterocycles. The first-order valence-corrected chi connectivity index (χ1v) is 10.5. The highest BCUT2D eigenvalue weighted by molar-refractivity contribution is 6.31. The minimum Gasteiger partial charge on any atom is -0.340 e. The van der Waals surface area contributed by atoms with Crippen molar-refractivity contribution in [1.29, 1.82) is 0 Å². The van der Waals surface area contributed by atoms with E-state index in [0.29, 0.717) is 24.7 Å². The minimum absolute atomic E-state index is 0.00835. The van der Waals surface area contributed by atoms with Crippen molar-refractivity contribution in [1.82, 2.24) is 9.80 Å². The molecule has 152 valence electrons. The van der Waals surface area contributed by atoms with Crippen molar-refractivity contribution in [3.63, 3.8) is 0 Å². The van der Waals surface area contributed by atoms with Gasteiger partial charge in [-0.3, -0.25) is 14.5 Å². The molecular formula is C23H26ClN3O2. The summed E-state index contributed by atoms with van der Waals surface area (Å²) in [5, 5.41) is 0.639. The molecule has 2 aromatic rings. The van der Waals surface area contributed by atoms with Crippen LogP contribution in [0.5, 0.6) is 0 Å². The molecule has 2 amide bonds. The largest absolute Gasteiger partial charge is 0.340 e. The first-order chi connectivity index (χ1) is 14.0. The van der Waals surface area contributed by atoms with E-state index >= 15 is 0 Å². The first kappa shape index (κ1) is 19.9. The molecule has 29 heavy (non-hydrogen) atoms. The van der Waals surface area contributed by atoms with Crippen LogP contribution in [0.1, 0.15) is 17.5 Å². The van der Waals surface area contributed by atoms with Crippen LogP contribution in [-0.2, 0) is 16.1 Å². The van der Waals surface area contributed by atoms with E-state index in [1.54, 1.807) is 4.90 Å². The third-order valence-corrected chi connectivity index (χ3v) is 6.28. The van der Waals surface area contributed by atoms with Gasteiger partial charge in [-0.1, -0.05) is 48.0 Å². The van der Waals surface area contributed by atoms with Crippen molar-refractivity contribution in [2.24, 2.45) is 5.92 Å². The van der Waals surface area contributed by atoms with Crippen molar-refractivity contribution in [2.45, 2.75) is 19.9 Å². The predicted molar refractivity (Wildman–Crippen MR) is 115 cm³/mol. The number of piperazine rings is 1. The summed E-state index contributed by atoms with van der Waals surface area (Å²) in [5.74, 6) is -0.187. The molecule has 0 N–H and O–H groups in total. The van der Waals surface area contributed by atoms with Crippen LogP contribution in [-0.4, -0.2) is 54.3 Å². The average molecular weight is 412 g/mol. The summed E-state index contributed by atoms with van der Waals surface area (Å²) in [7, 11) is 0. The summed E-state index contributed by atoms with van der Waals surface area (Å²) in [5.41, 5.74) is 3.04. The fourth-order valence-corrected chi connectivity index (χ4v) is 4.27. The quantitative estimate of drug-likeness (QED) is 0.775.